The molecule has 2 aliphatic heterocycles. The summed E-state index contributed by atoms with van der Waals surface area (Å²) in [6, 6.07) is 16.7. The largest absolute Gasteiger partial charge is 0.508 e. The zero-order chi connectivity index (χ0) is 18.9. The zero-order valence-corrected chi connectivity index (χ0v) is 16.3. The Bertz CT molecular complexity index is 790. The van der Waals surface area contributed by atoms with E-state index in [4.69, 9.17) is 0 Å². The predicted molar refractivity (Wildman–Crippen MR) is 109 cm³/mol. The molecule has 1 fully saturated rings. The molecule has 0 aromatic heterocycles. The molecule has 27 heavy (non-hydrogen) atoms. The molecule has 0 amide bonds. The molecule has 0 radical (unpaired) electrons. The molecule has 2 aromatic rings. The number of aromatic hydroxyl groups is 1. The van der Waals surface area contributed by atoms with E-state index in [-0.39, 0.29) is 17.6 Å². The van der Waals surface area contributed by atoms with E-state index in [1.54, 1.807) is 0 Å². The number of fused-ring (bicyclic) bond motifs is 3. The highest BCUT2D eigenvalue weighted by Crippen LogP contribution is 2.50. The predicted octanol–water partition coefficient (Wildman–Crippen LogP) is 4.26. The van der Waals surface area contributed by atoms with Crippen LogP contribution in [0.25, 0.3) is 0 Å². The van der Waals surface area contributed by atoms with Crippen molar-refractivity contribution in [3.05, 3.63) is 65.2 Å². The van der Waals surface area contributed by atoms with Gasteiger partial charge in [-0.05, 0) is 60.9 Å². The second-order valence-corrected chi connectivity index (χ2v) is 8.62. The molecule has 1 saturated heterocycles. The van der Waals surface area contributed by atoms with Crippen molar-refractivity contribution >= 4 is 0 Å². The number of phenolic OH excluding ortho intramolecular Hbond substituents is 1. The highest BCUT2D eigenvalue weighted by molar-refractivity contribution is 5.43. The topological polar surface area (TPSA) is 43.7 Å². The lowest BCUT2D eigenvalue weighted by atomic mass is 9.64. The van der Waals surface area contributed by atoms with Gasteiger partial charge in [0.25, 0.3) is 0 Å². The summed E-state index contributed by atoms with van der Waals surface area (Å²) < 4.78 is 0. The normalized spacial score (nSPS) is 27.8. The molecule has 0 saturated carbocycles. The monoisotopic (exact) mass is 365 g/mol. The summed E-state index contributed by atoms with van der Waals surface area (Å²) in [5.41, 5.74) is 4.02. The van der Waals surface area contributed by atoms with E-state index >= 15 is 0 Å². The first-order valence-corrected chi connectivity index (χ1v) is 10.3. The van der Waals surface area contributed by atoms with Gasteiger partial charge >= 0.3 is 0 Å². The van der Waals surface area contributed by atoms with Crippen molar-refractivity contribution < 1.29 is 10.2 Å². The number of benzene rings is 2. The Balaban J connectivity index is 1.76. The number of piperidine rings is 1. The maximum absolute atomic E-state index is 10.2. The molecule has 3 heteroatoms. The number of hydrogen-bond acceptors (Lipinski definition) is 3. The van der Waals surface area contributed by atoms with Crippen LogP contribution in [-0.2, 0) is 18.4 Å². The summed E-state index contributed by atoms with van der Waals surface area (Å²) >= 11 is 0. The first-order valence-electron chi connectivity index (χ1n) is 10.3. The molecule has 0 spiro atoms. The van der Waals surface area contributed by atoms with E-state index in [0.29, 0.717) is 5.75 Å². The molecule has 0 bridgehead atoms. The van der Waals surface area contributed by atoms with Gasteiger partial charge in [-0.1, -0.05) is 49.7 Å². The van der Waals surface area contributed by atoms with Crippen LogP contribution in [0.4, 0.5) is 0 Å². The van der Waals surface area contributed by atoms with Gasteiger partial charge in [-0.25, -0.2) is 0 Å². The average molecular weight is 366 g/mol. The highest BCUT2D eigenvalue weighted by Gasteiger charge is 2.50. The second kappa shape index (κ2) is 7.29. The van der Waals surface area contributed by atoms with Crippen molar-refractivity contribution in [2.45, 2.75) is 51.0 Å². The first-order chi connectivity index (χ1) is 13.1. The Kier molecular flexibility index (Phi) is 5.00. The Morgan fingerprint density at radius 2 is 1.89 bits per heavy atom. The van der Waals surface area contributed by atoms with Gasteiger partial charge in [0.05, 0.1) is 5.54 Å². The Morgan fingerprint density at radius 3 is 2.63 bits per heavy atom. The molecule has 2 N–H and O–H groups in total. The molecule has 2 aliphatic rings. The third kappa shape index (κ3) is 3.28. The van der Waals surface area contributed by atoms with Crippen LogP contribution in [0.1, 0.15) is 49.3 Å². The van der Waals surface area contributed by atoms with E-state index in [9.17, 15) is 10.2 Å². The Morgan fingerprint density at radius 1 is 1.07 bits per heavy atom. The Hall–Kier alpha value is -1.84. The van der Waals surface area contributed by atoms with E-state index in [1.165, 1.54) is 16.7 Å². The van der Waals surface area contributed by atoms with Crippen LogP contribution >= 0.6 is 0 Å². The van der Waals surface area contributed by atoms with Crippen molar-refractivity contribution in [3.63, 3.8) is 0 Å². The van der Waals surface area contributed by atoms with E-state index in [1.807, 2.05) is 12.1 Å². The summed E-state index contributed by atoms with van der Waals surface area (Å²) in [6.07, 6.45) is 6.27. The van der Waals surface area contributed by atoms with Crippen LogP contribution < -0.4 is 0 Å². The third-order valence-electron chi connectivity index (χ3n) is 6.90. The SMILES string of the molecule is CCC[C@@]1(CO)CC[C@@]2(Cc3ccccc3)c3ccc(O)cc3CCN2C1. The quantitative estimate of drug-likeness (QED) is 0.832. The van der Waals surface area contributed by atoms with E-state index in [0.717, 1.165) is 51.6 Å². The van der Waals surface area contributed by atoms with Crippen molar-refractivity contribution in [1.82, 2.24) is 4.90 Å². The molecular formula is C24H31NO2. The van der Waals surface area contributed by atoms with Gasteiger partial charge in [0.1, 0.15) is 5.75 Å². The maximum Gasteiger partial charge on any atom is 0.115 e. The molecule has 144 valence electrons. The number of aliphatic hydroxyl groups is 1. The lowest BCUT2D eigenvalue weighted by molar-refractivity contribution is -0.0615. The molecule has 2 aromatic carbocycles. The van der Waals surface area contributed by atoms with Crippen molar-refractivity contribution in [2.75, 3.05) is 19.7 Å². The Labute approximate surface area is 162 Å². The zero-order valence-electron chi connectivity index (χ0n) is 16.3. The molecule has 2 heterocycles. The van der Waals surface area contributed by atoms with Crippen LogP contribution in [0.5, 0.6) is 5.75 Å². The summed E-state index contributed by atoms with van der Waals surface area (Å²) in [4.78, 5) is 2.65. The molecule has 0 aliphatic carbocycles. The van der Waals surface area contributed by atoms with Crippen molar-refractivity contribution in [3.8, 4) is 5.75 Å². The summed E-state index contributed by atoms with van der Waals surface area (Å²) in [5.74, 6) is 0.364. The fourth-order valence-corrected chi connectivity index (χ4v) is 5.53. The summed E-state index contributed by atoms with van der Waals surface area (Å²) in [6.45, 7) is 4.46. The third-order valence-corrected chi connectivity index (χ3v) is 6.90. The molecular weight excluding hydrogens is 334 g/mol. The van der Waals surface area contributed by atoms with E-state index in [2.05, 4.69) is 48.2 Å². The smallest absolute Gasteiger partial charge is 0.115 e. The fourth-order valence-electron chi connectivity index (χ4n) is 5.53. The van der Waals surface area contributed by atoms with Gasteiger partial charge in [0, 0.05) is 25.1 Å². The van der Waals surface area contributed by atoms with Gasteiger partial charge in [0.2, 0.25) is 0 Å². The van der Waals surface area contributed by atoms with Gasteiger partial charge < -0.3 is 10.2 Å². The van der Waals surface area contributed by atoms with Crippen LogP contribution in [0.15, 0.2) is 48.5 Å². The minimum atomic E-state index is -0.0327. The number of hydrogen-bond donors (Lipinski definition) is 2. The van der Waals surface area contributed by atoms with Gasteiger partial charge in [0.15, 0.2) is 0 Å². The van der Waals surface area contributed by atoms with Crippen LogP contribution in [0.3, 0.4) is 0 Å². The first kappa shape index (κ1) is 18.5. The molecule has 0 unspecified atom stereocenters. The minimum absolute atomic E-state index is 0.0311. The van der Waals surface area contributed by atoms with Crippen molar-refractivity contribution in [2.24, 2.45) is 5.41 Å². The fraction of sp³-hybridized carbons (Fsp3) is 0.500. The van der Waals surface area contributed by atoms with Gasteiger partial charge in [-0.3, -0.25) is 4.90 Å². The highest BCUT2D eigenvalue weighted by atomic mass is 16.3. The number of aliphatic hydroxyl groups excluding tert-OH is 1. The van der Waals surface area contributed by atoms with Gasteiger partial charge in [-0.15, -0.1) is 0 Å². The van der Waals surface area contributed by atoms with Crippen LogP contribution in [-0.4, -0.2) is 34.8 Å². The lowest BCUT2D eigenvalue weighted by Crippen LogP contribution is -2.60. The summed E-state index contributed by atoms with van der Waals surface area (Å²) in [5, 5.41) is 20.2. The number of nitrogens with zero attached hydrogens (tertiary/aromatic N) is 1. The standard InChI is InChI=1S/C24H31NO2/c1-2-11-23(18-26)12-13-24(16-19-6-4-3-5-7-19)22-9-8-21(27)15-20(22)10-14-25(24)17-23/h3-9,15,26-27H,2,10-14,16-18H2,1H3/t23-,24-/m1/s1. The van der Waals surface area contributed by atoms with E-state index < -0.39 is 0 Å². The summed E-state index contributed by atoms with van der Waals surface area (Å²) in [7, 11) is 0. The van der Waals surface area contributed by atoms with Crippen LogP contribution in [0, 0.1) is 5.41 Å². The number of phenols is 1. The maximum atomic E-state index is 10.2. The molecule has 2 atom stereocenters. The number of rotatable bonds is 5. The molecule has 4 rings (SSSR count). The van der Waals surface area contributed by atoms with Gasteiger partial charge in [-0.2, -0.15) is 0 Å². The lowest BCUT2D eigenvalue weighted by Gasteiger charge is -2.57. The minimum Gasteiger partial charge on any atom is -0.508 e. The second-order valence-electron chi connectivity index (χ2n) is 8.62. The average Bonchev–Trinajstić information content (AvgIpc) is 2.69. The van der Waals surface area contributed by atoms with Crippen molar-refractivity contribution in [1.29, 1.82) is 0 Å². The van der Waals surface area contributed by atoms with Crippen LogP contribution in [0.2, 0.25) is 0 Å². The molecule has 3 nitrogen and oxygen atoms in total.